The molecule has 0 nitrogen and oxygen atoms in total. The molecule has 1 saturated carbocycles. The van der Waals surface area contributed by atoms with Crippen LogP contribution in [0.15, 0.2) is 22.1 Å². The van der Waals surface area contributed by atoms with Crippen LogP contribution in [0.5, 0.6) is 0 Å². The van der Waals surface area contributed by atoms with Crippen LogP contribution in [0, 0.1) is 0 Å². The molecular weight excluding hydrogens is 318 g/mol. The van der Waals surface area contributed by atoms with E-state index in [1.807, 2.05) is 3.88 Å². The minimum atomic E-state index is -0.986. The van der Waals surface area contributed by atoms with E-state index < -0.39 is 16.9 Å². The van der Waals surface area contributed by atoms with Gasteiger partial charge in [-0.05, 0) is 0 Å². The SMILES string of the molecule is C[C](C)=[Ti+2]([PH]C1CCCCC1)[C]1=CC=CC1.[Cl-].[Cl-]. The van der Waals surface area contributed by atoms with E-state index in [-0.39, 0.29) is 24.8 Å². The quantitative estimate of drug-likeness (QED) is 0.438. The molecule has 18 heavy (non-hydrogen) atoms. The van der Waals surface area contributed by atoms with E-state index >= 15 is 0 Å². The summed E-state index contributed by atoms with van der Waals surface area (Å²) in [4.78, 5) is 0. The van der Waals surface area contributed by atoms with E-state index in [2.05, 4.69) is 32.1 Å². The van der Waals surface area contributed by atoms with Crippen LogP contribution in [0.1, 0.15) is 52.4 Å². The number of rotatable bonds is 3. The van der Waals surface area contributed by atoms with Crippen molar-refractivity contribution >= 4 is 10.4 Å². The zero-order valence-electron chi connectivity index (χ0n) is 11.3. The molecule has 4 heteroatoms. The van der Waals surface area contributed by atoms with Gasteiger partial charge in [0, 0.05) is 0 Å². The third kappa shape index (κ3) is 5.60. The molecule has 1 unspecified atom stereocenters. The average Bonchev–Trinajstić information content (AvgIpc) is 2.80. The van der Waals surface area contributed by atoms with E-state index in [1.165, 1.54) is 45.1 Å². The van der Waals surface area contributed by atoms with Crippen LogP contribution in [0.4, 0.5) is 0 Å². The maximum atomic E-state index is 2.43. The first-order valence-electron chi connectivity index (χ1n) is 6.57. The van der Waals surface area contributed by atoms with E-state index in [4.69, 9.17) is 0 Å². The van der Waals surface area contributed by atoms with Gasteiger partial charge in [-0.25, -0.2) is 0 Å². The van der Waals surface area contributed by atoms with Gasteiger partial charge in [-0.3, -0.25) is 0 Å². The molecule has 0 amide bonds. The van der Waals surface area contributed by atoms with Crippen molar-refractivity contribution in [2.24, 2.45) is 0 Å². The topological polar surface area (TPSA) is 0 Å². The Bertz CT molecular complexity index is 338. The van der Waals surface area contributed by atoms with Crippen LogP contribution >= 0.6 is 6.57 Å². The Morgan fingerprint density at radius 3 is 2.33 bits per heavy atom. The van der Waals surface area contributed by atoms with Gasteiger partial charge in [0.25, 0.3) is 0 Å². The molecule has 0 aromatic heterocycles. The Morgan fingerprint density at radius 2 is 1.83 bits per heavy atom. The van der Waals surface area contributed by atoms with Crippen molar-refractivity contribution in [1.82, 2.24) is 0 Å². The Kier molecular flexibility index (Phi) is 10.5. The van der Waals surface area contributed by atoms with Gasteiger partial charge in [0.05, 0.1) is 0 Å². The van der Waals surface area contributed by atoms with E-state index in [9.17, 15) is 0 Å². The molecule has 0 spiro atoms. The van der Waals surface area contributed by atoms with Gasteiger partial charge in [0.2, 0.25) is 0 Å². The van der Waals surface area contributed by atoms with Gasteiger partial charge in [-0.1, -0.05) is 0 Å². The normalized spacial score (nSPS) is 18.8. The van der Waals surface area contributed by atoms with E-state index in [1.54, 1.807) is 3.81 Å². The smallest absolute Gasteiger partial charge is 1.00 e. The molecule has 0 aromatic carbocycles. The Labute approximate surface area is 131 Å². The molecule has 0 bridgehead atoms. The van der Waals surface area contributed by atoms with Crippen LogP contribution in [0.3, 0.4) is 0 Å². The molecule has 0 saturated heterocycles. The summed E-state index contributed by atoms with van der Waals surface area (Å²) in [6, 6.07) is 0. The van der Waals surface area contributed by atoms with Crippen molar-refractivity contribution in [1.29, 1.82) is 0 Å². The van der Waals surface area contributed by atoms with Gasteiger partial charge in [-0.2, -0.15) is 0 Å². The first kappa shape index (κ1) is 19.1. The maximum absolute atomic E-state index is 2.43. The van der Waals surface area contributed by atoms with Crippen LogP contribution in [-0.2, 0) is 16.9 Å². The van der Waals surface area contributed by atoms with Crippen LogP contribution in [0.25, 0.3) is 0 Å². The maximum Gasteiger partial charge on any atom is -1.00 e. The van der Waals surface area contributed by atoms with E-state index in [0.29, 0.717) is 0 Å². The van der Waals surface area contributed by atoms with Crippen LogP contribution < -0.4 is 24.8 Å². The molecule has 0 aliphatic heterocycles. The summed E-state index contributed by atoms with van der Waals surface area (Å²) in [6.45, 7) is 6.09. The summed E-state index contributed by atoms with van der Waals surface area (Å²) in [5, 5.41) is 0. The third-order valence-corrected chi connectivity index (χ3v) is 14.6. The molecule has 0 heterocycles. The summed E-state index contributed by atoms with van der Waals surface area (Å²) in [5.41, 5.74) is 1.10. The minimum absolute atomic E-state index is 0. The first-order valence-corrected chi connectivity index (χ1v) is 11.6. The van der Waals surface area contributed by atoms with Crippen LogP contribution in [-0.4, -0.2) is 9.47 Å². The molecule has 0 N–H and O–H groups in total. The zero-order chi connectivity index (χ0) is 11.4. The van der Waals surface area contributed by atoms with Crippen molar-refractivity contribution in [3.05, 3.63) is 22.1 Å². The average molecular weight is 341 g/mol. The molecule has 0 radical (unpaired) electrons. The second kappa shape index (κ2) is 9.90. The zero-order valence-corrected chi connectivity index (χ0v) is 15.4. The fourth-order valence-corrected chi connectivity index (χ4v) is 12.4. The largest absolute Gasteiger partial charge is 1.00 e. The van der Waals surface area contributed by atoms with Crippen molar-refractivity contribution in [2.75, 3.05) is 0 Å². The van der Waals surface area contributed by atoms with E-state index in [0.717, 1.165) is 5.66 Å². The molecule has 102 valence electrons. The summed E-state index contributed by atoms with van der Waals surface area (Å²) in [5.74, 6) is 0. The van der Waals surface area contributed by atoms with Crippen LogP contribution in [0.2, 0.25) is 0 Å². The first-order chi connectivity index (χ1) is 7.77. The van der Waals surface area contributed by atoms with Crippen molar-refractivity contribution in [2.45, 2.75) is 58.0 Å². The summed E-state index contributed by atoms with van der Waals surface area (Å²) in [7, 11) is 0. The second-order valence-electron chi connectivity index (χ2n) is 5.18. The van der Waals surface area contributed by atoms with Crippen molar-refractivity contribution < 1.29 is 41.7 Å². The Balaban J connectivity index is 0.00000144. The molecule has 1 fully saturated rings. The summed E-state index contributed by atoms with van der Waals surface area (Å²) >= 11 is -0.986. The number of hydrogen-bond donors (Lipinski definition) is 0. The molecule has 2 aliphatic carbocycles. The summed E-state index contributed by atoms with van der Waals surface area (Å²) in [6.07, 6.45) is 15.9. The fraction of sp³-hybridized carbons (Fsp3) is 0.643. The van der Waals surface area contributed by atoms with Crippen molar-refractivity contribution in [3.63, 3.8) is 0 Å². The summed E-state index contributed by atoms with van der Waals surface area (Å²) < 4.78 is 3.63. The van der Waals surface area contributed by atoms with Gasteiger partial charge in [0.1, 0.15) is 0 Å². The predicted octanol–water partition coefficient (Wildman–Crippen LogP) is -1.41. The van der Waals surface area contributed by atoms with Gasteiger partial charge in [-0.15, -0.1) is 0 Å². The number of hydrogen-bond acceptors (Lipinski definition) is 0. The van der Waals surface area contributed by atoms with Gasteiger partial charge in [0.15, 0.2) is 0 Å². The number of allylic oxidation sites excluding steroid dienone is 4. The molecular formula is C14H23Cl2PTi. The fourth-order valence-electron chi connectivity index (χ4n) is 2.64. The number of halogens is 2. The predicted molar refractivity (Wildman–Crippen MR) is 73.4 cm³/mol. The standard InChI is InChI=1S/C6H12P.C5H5.C3H6.2ClH.Ti/c7-6-4-2-1-3-5-6;1-2-4-5-3-1;1-3-2;;;/h6-7H,1-5H2;1-3H,4H2;1-2H3;2*1H;/q-1;;;;;+3/p-2. The third-order valence-electron chi connectivity index (χ3n) is 3.55. The second-order valence-corrected chi connectivity index (χ2v) is 13.4. The molecule has 0 aromatic rings. The Morgan fingerprint density at radius 1 is 1.17 bits per heavy atom. The molecule has 2 rings (SSSR count). The van der Waals surface area contributed by atoms with Gasteiger partial charge >= 0.3 is 107 Å². The monoisotopic (exact) mass is 340 g/mol. The van der Waals surface area contributed by atoms with Crippen molar-refractivity contribution in [3.8, 4) is 0 Å². The molecule has 1 atom stereocenters. The minimum Gasteiger partial charge on any atom is -1.00 e. The molecule has 2 aliphatic rings. The van der Waals surface area contributed by atoms with Gasteiger partial charge < -0.3 is 24.8 Å². The Hall–Kier alpha value is 1.07.